The van der Waals surface area contributed by atoms with Crippen LogP contribution in [0, 0.1) is 6.92 Å². The Kier molecular flexibility index (Phi) is 9.88. The van der Waals surface area contributed by atoms with Gasteiger partial charge in [0.25, 0.3) is 10.0 Å². The fraction of sp³-hybridized carbons (Fsp3) is 0.286. The van der Waals surface area contributed by atoms with E-state index in [-0.39, 0.29) is 17.3 Å². The van der Waals surface area contributed by atoms with E-state index in [1.54, 1.807) is 49.4 Å². The van der Waals surface area contributed by atoms with Gasteiger partial charge in [-0.25, -0.2) is 8.42 Å². The summed E-state index contributed by atoms with van der Waals surface area (Å²) in [4.78, 5) is 28.2. The summed E-state index contributed by atoms with van der Waals surface area (Å²) in [6.45, 7) is 5.65. The van der Waals surface area contributed by atoms with Crippen molar-refractivity contribution in [2.24, 2.45) is 0 Å². The van der Waals surface area contributed by atoms with Crippen LogP contribution in [0.25, 0.3) is 0 Å². The zero-order valence-corrected chi connectivity index (χ0v) is 23.6. The van der Waals surface area contributed by atoms with Gasteiger partial charge in [-0.05, 0) is 62.2 Å². The first-order valence-corrected chi connectivity index (χ1v) is 14.3. The van der Waals surface area contributed by atoms with E-state index < -0.39 is 28.5 Å². The molecule has 1 N–H and O–H groups in total. The van der Waals surface area contributed by atoms with Crippen LogP contribution < -0.4 is 9.62 Å². The zero-order valence-electron chi connectivity index (χ0n) is 21.2. The molecule has 7 nitrogen and oxygen atoms in total. The normalized spacial score (nSPS) is 12.0. The number of para-hydroxylation sites is 1. The number of carbonyl (C=O) groups excluding carboxylic acids is 2. The van der Waals surface area contributed by atoms with E-state index in [9.17, 15) is 18.0 Å². The number of benzene rings is 3. The maximum absolute atomic E-state index is 13.8. The summed E-state index contributed by atoms with van der Waals surface area (Å²) in [7, 11) is -4.06. The van der Waals surface area contributed by atoms with Crippen LogP contribution >= 0.6 is 15.9 Å². The lowest BCUT2D eigenvalue weighted by molar-refractivity contribution is -0.139. The Morgan fingerprint density at radius 3 is 2.27 bits per heavy atom. The topological polar surface area (TPSA) is 86.8 Å². The fourth-order valence-electron chi connectivity index (χ4n) is 3.77. The highest BCUT2D eigenvalue weighted by molar-refractivity contribution is 9.10. The quantitative estimate of drug-likeness (QED) is 0.347. The van der Waals surface area contributed by atoms with Crippen molar-refractivity contribution in [1.29, 1.82) is 0 Å². The van der Waals surface area contributed by atoms with Crippen molar-refractivity contribution in [3.63, 3.8) is 0 Å². The molecule has 37 heavy (non-hydrogen) atoms. The van der Waals surface area contributed by atoms with Crippen LogP contribution in [-0.2, 0) is 26.2 Å². The molecule has 9 heteroatoms. The third-order valence-electron chi connectivity index (χ3n) is 5.89. The number of amides is 2. The van der Waals surface area contributed by atoms with Gasteiger partial charge in [0.05, 0.1) is 10.6 Å². The molecule has 0 fully saturated rings. The van der Waals surface area contributed by atoms with E-state index in [1.807, 2.05) is 38.1 Å². The molecule has 0 saturated heterocycles. The van der Waals surface area contributed by atoms with Crippen LogP contribution in [-0.4, -0.2) is 44.3 Å². The zero-order chi connectivity index (χ0) is 27.0. The maximum atomic E-state index is 13.8. The molecule has 0 radical (unpaired) electrons. The summed E-state index contributed by atoms with van der Waals surface area (Å²) in [6.07, 6.45) is 0.759. The van der Waals surface area contributed by atoms with Gasteiger partial charge in [-0.3, -0.25) is 13.9 Å². The molecular formula is C28H32BrN3O4S. The molecule has 1 unspecified atom stereocenters. The molecule has 2 amide bonds. The lowest BCUT2D eigenvalue weighted by Gasteiger charge is -2.32. The molecule has 196 valence electrons. The minimum Gasteiger partial charge on any atom is -0.354 e. The summed E-state index contributed by atoms with van der Waals surface area (Å²) in [5.41, 5.74) is 2.10. The lowest BCUT2D eigenvalue weighted by atomic mass is 10.1. The molecule has 0 spiro atoms. The number of hydrogen-bond acceptors (Lipinski definition) is 4. The Bertz CT molecular complexity index is 1310. The van der Waals surface area contributed by atoms with Gasteiger partial charge >= 0.3 is 0 Å². The number of aryl methyl sites for hydroxylation is 1. The van der Waals surface area contributed by atoms with E-state index >= 15 is 0 Å². The van der Waals surface area contributed by atoms with Crippen molar-refractivity contribution in [2.75, 3.05) is 17.4 Å². The van der Waals surface area contributed by atoms with Crippen molar-refractivity contribution < 1.29 is 18.0 Å². The molecule has 0 aromatic heterocycles. The van der Waals surface area contributed by atoms with Crippen molar-refractivity contribution in [3.05, 3.63) is 94.5 Å². The monoisotopic (exact) mass is 585 g/mol. The molecular weight excluding hydrogens is 554 g/mol. The summed E-state index contributed by atoms with van der Waals surface area (Å²) >= 11 is 3.45. The van der Waals surface area contributed by atoms with Gasteiger partial charge in [0.2, 0.25) is 11.8 Å². The van der Waals surface area contributed by atoms with Crippen LogP contribution in [0.5, 0.6) is 0 Å². The van der Waals surface area contributed by atoms with Crippen molar-refractivity contribution in [2.45, 2.75) is 44.7 Å². The van der Waals surface area contributed by atoms with E-state index in [0.29, 0.717) is 12.2 Å². The second-order valence-electron chi connectivity index (χ2n) is 8.78. The van der Waals surface area contributed by atoms with Crippen LogP contribution in [0.3, 0.4) is 0 Å². The summed E-state index contributed by atoms with van der Waals surface area (Å²) in [5, 5.41) is 2.84. The van der Waals surface area contributed by atoms with Gasteiger partial charge in [0, 0.05) is 17.6 Å². The molecule has 0 bridgehead atoms. The highest BCUT2D eigenvalue weighted by Gasteiger charge is 2.32. The molecule has 1 atom stereocenters. The molecule has 0 aliphatic carbocycles. The summed E-state index contributed by atoms with van der Waals surface area (Å²) in [5.74, 6) is -0.781. The second-order valence-corrected chi connectivity index (χ2v) is 11.6. The molecule has 3 aromatic carbocycles. The number of sulfonamides is 1. The van der Waals surface area contributed by atoms with E-state index in [2.05, 4.69) is 21.2 Å². The predicted octanol–water partition coefficient (Wildman–Crippen LogP) is 4.90. The van der Waals surface area contributed by atoms with Crippen molar-refractivity contribution in [1.82, 2.24) is 10.2 Å². The summed E-state index contributed by atoms with van der Waals surface area (Å²) in [6, 6.07) is 21.7. The third kappa shape index (κ3) is 7.42. The Balaban J connectivity index is 1.99. The number of nitrogens with zero attached hydrogens (tertiary/aromatic N) is 2. The van der Waals surface area contributed by atoms with E-state index in [4.69, 9.17) is 0 Å². The van der Waals surface area contributed by atoms with Gasteiger partial charge < -0.3 is 10.2 Å². The first-order chi connectivity index (χ1) is 17.6. The SMILES string of the molecule is CCCNC(=O)C(C)N(Cc1cccc(Br)c1)C(=O)CN(c1ccccc1)S(=O)(=O)c1ccc(C)cc1. The number of anilines is 1. The number of rotatable bonds is 11. The van der Waals surface area contributed by atoms with Gasteiger partial charge in [-0.2, -0.15) is 0 Å². The molecule has 3 aromatic rings. The maximum Gasteiger partial charge on any atom is 0.264 e. The predicted molar refractivity (Wildman–Crippen MR) is 150 cm³/mol. The fourth-order valence-corrected chi connectivity index (χ4v) is 5.63. The molecule has 0 aliphatic rings. The molecule has 0 heterocycles. The van der Waals surface area contributed by atoms with Crippen LogP contribution in [0.4, 0.5) is 5.69 Å². The van der Waals surface area contributed by atoms with Gasteiger partial charge in [-0.1, -0.05) is 70.9 Å². The molecule has 0 saturated carbocycles. The number of carbonyl (C=O) groups is 2. The van der Waals surface area contributed by atoms with Gasteiger partial charge in [0.15, 0.2) is 0 Å². The Labute approximate surface area is 227 Å². The average Bonchev–Trinajstić information content (AvgIpc) is 2.89. The number of halogens is 1. The van der Waals surface area contributed by atoms with Gasteiger partial charge in [-0.15, -0.1) is 0 Å². The van der Waals surface area contributed by atoms with Crippen molar-refractivity contribution >= 4 is 43.5 Å². The Morgan fingerprint density at radius 1 is 0.973 bits per heavy atom. The minimum atomic E-state index is -4.06. The summed E-state index contributed by atoms with van der Waals surface area (Å²) < 4.78 is 29.4. The van der Waals surface area contributed by atoms with Crippen molar-refractivity contribution in [3.8, 4) is 0 Å². The van der Waals surface area contributed by atoms with E-state index in [0.717, 1.165) is 26.3 Å². The van der Waals surface area contributed by atoms with Crippen LogP contribution in [0.2, 0.25) is 0 Å². The van der Waals surface area contributed by atoms with Crippen LogP contribution in [0.1, 0.15) is 31.4 Å². The first-order valence-electron chi connectivity index (χ1n) is 12.1. The second kappa shape index (κ2) is 12.9. The highest BCUT2D eigenvalue weighted by Crippen LogP contribution is 2.25. The highest BCUT2D eigenvalue weighted by atomic mass is 79.9. The Morgan fingerprint density at radius 2 is 1.65 bits per heavy atom. The largest absolute Gasteiger partial charge is 0.354 e. The third-order valence-corrected chi connectivity index (χ3v) is 8.17. The standard InChI is InChI=1S/C28H32BrN3O4S/c1-4-17-30-28(34)22(3)31(19-23-9-8-10-24(29)18-23)27(33)20-32(25-11-6-5-7-12-25)37(35,36)26-15-13-21(2)14-16-26/h5-16,18,22H,4,17,19-20H2,1-3H3,(H,30,34). The lowest BCUT2D eigenvalue weighted by Crippen LogP contribution is -2.51. The van der Waals surface area contributed by atoms with Crippen LogP contribution in [0.15, 0.2) is 88.2 Å². The average molecular weight is 587 g/mol. The molecule has 0 aliphatic heterocycles. The first kappa shape index (κ1) is 28.4. The van der Waals surface area contributed by atoms with E-state index in [1.165, 1.54) is 17.0 Å². The smallest absolute Gasteiger partial charge is 0.264 e. The molecule has 3 rings (SSSR count). The Hall–Kier alpha value is -3.17. The van der Waals surface area contributed by atoms with Gasteiger partial charge in [0.1, 0.15) is 12.6 Å². The number of nitrogens with one attached hydrogen (secondary N) is 1. The minimum absolute atomic E-state index is 0.0852. The number of hydrogen-bond donors (Lipinski definition) is 1.